The molecule has 3 aromatic heterocycles. The number of aromatic amines is 1. The Hall–Kier alpha value is -2.10. The summed E-state index contributed by atoms with van der Waals surface area (Å²) in [5, 5.41) is 0. The summed E-state index contributed by atoms with van der Waals surface area (Å²) in [5.41, 5.74) is 3.04. The zero-order valence-corrected chi connectivity index (χ0v) is 7.27. The average Bonchev–Trinajstić information content (AvgIpc) is 2.75. The van der Waals surface area contributed by atoms with Crippen molar-refractivity contribution in [2.24, 2.45) is 0 Å². The van der Waals surface area contributed by atoms with Crippen molar-refractivity contribution in [3.05, 3.63) is 36.2 Å². The Morgan fingerprint density at radius 3 is 3.21 bits per heavy atom. The molecule has 3 aromatic rings. The normalized spacial score (nSPS) is 11.1. The maximum atomic E-state index is 10.7. The first-order valence-corrected chi connectivity index (χ1v) is 4.29. The van der Waals surface area contributed by atoms with Crippen molar-refractivity contribution in [3.8, 4) is 0 Å². The zero-order chi connectivity index (χ0) is 9.54. The molecule has 4 heteroatoms. The molecule has 0 atom stereocenters. The van der Waals surface area contributed by atoms with E-state index in [4.69, 9.17) is 0 Å². The van der Waals surface area contributed by atoms with Gasteiger partial charge < -0.3 is 4.98 Å². The number of rotatable bonds is 1. The van der Waals surface area contributed by atoms with Gasteiger partial charge in [0.1, 0.15) is 16.8 Å². The molecule has 68 valence electrons. The minimum Gasteiger partial charge on any atom is -0.345 e. The number of nitrogens with zero attached hydrogens (tertiary/aromatic N) is 2. The van der Waals surface area contributed by atoms with E-state index in [1.807, 2.05) is 28.8 Å². The van der Waals surface area contributed by atoms with Crippen LogP contribution in [0.15, 0.2) is 30.6 Å². The number of aldehydes is 1. The predicted molar refractivity (Wildman–Crippen MR) is 52.4 cm³/mol. The number of H-pyrrole nitrogens is 1. The molecule has 0 aromatic carbocycles. The summed E-state index contributed by atoms with van der Waals surface area (Å²) in [6.45, 7) is 0. The lowest BCUT2D eigenvalue weighted by Gasteiger charge is -1.89. The van der Waals surface area contributed by atoms with Crippen LogP contribution in [0.5, 0.6) is 0 Å². The molecule has 0 bridgehead atoms. The van der Waals surface area contributed by atoms with E-state index < -0.39 is 0 Å². The van der Waals surface area contributed by atoms with E-state index >= 15 is 0 Å². The first-order valence-electron chi connectivity index (χ1n) is 4.29. The van der Waals surface area contributed by atoms with Crippen LogP contribution in [0, 0.1) is 0 Å². The van der Waals surface area contributed by atoms with Crippen molar-refractivity contribution in [2.75, 3.05) is 0 Å². The summed E-state index contributed by atoms with van der Waals surface area (Å²) in [7, 11) is 0. The van der Waals surface area contributed by atoms with Gasteiger partial charge in [-0.1, -0.05) is 6.07 Å². The highest BCUT2D eigenvalue weighted by Gasteiger charge is 2.08. The molecule has 0 radical (unpaired) electrons. The Morgan fingerprint density at radius 1 is 1.43 bits per heavy atom. The van der Waals surface area contributed by atoms with Gasteiger partial charge in [0.15, 0.2) is 6.29 Å². The number of aromatic nitrogens is 3. The molecule has 4 nitrogen and oxygen atoms in total. The highest BCUT2D eigenvalue weighted by Crippen LogP contribution is 2.17. The fourth-order valence-electron chi connectivity index (χ4n) is 1.64. The van der Waals surface area contributed by atoms with Crippen LogP contribution in [0.25, 0.3) is 16.8 Å². The Labute approximate surface area is 79.2 Å². The summed E-state index contributed by atoms with van der Waals surface area (Å²) < 4.78 is 1.92. The van der Waals surface area contributed by atoms with Crippen LogP contribution in [0.3, 0.4) is 0 Å². The van der Waals surface area contributed by atoms with E-state index in [0.29, 0.717) is 5.56 Å². The number of nitrogens with one attached hydrogen (secondary N) is 1. The Balaban J connectivity index is 2.57. The molecular weight excluding hydrogens is 178 g/mol. The van der Waals surface area contributed by atoms with Crippen LogP contribution >= 0.6 is 0 Å². The third-order valence-electron chi connectivity index (χ3n) is 2.29. The molecule has 0 saturated heterocycles. The molecule has 14 heavy (non-hydrogen) atoms. The molecule has 0 unspecified atom stereocenters. The second-order valence-corrected chi connectivity index (χ2v) is 3.10. The van der Waals surface area contributed by atoms with E-state index in [-0.39, 0.29) is 0 Å². The monoisotopic (exact) mass is 185 g/mol. The summed E-state index contributed by atoms with van der Waals surface area (Å²) in [6.07, 6.45) is 4.39. The number of fused-ring (bicyclic) bond motifs is 3. The number of imidazole rings is 1. The van der Waals surface area contributed by atoms with Crippen LogP contribution in [0.2, 0.25) is 0 Å². The highest BCUT2D eigenvalue weighted by molar-refractivity contribution is 5.95. The topological polar surface area (TPSA) is 50.2 Å². The smallest absolute Gasteiger partial charge is 0.153 e. The summed E-state index contributed by atoms with van der Waals surface area (Å²) in [4.78, 5) is 18.1. The van der Waals surface area contributed by atoms with Gasteiger partial charge in [-0.15, -0.1) is 0 Å². The Bertz CT molecular complexity index is 620. The van der Waals surface area contributed by atoms with Crippen LogP contribution in [0.1, 0.15) is 10.4 Å². The van der Waals surface area contributed by atoms with E-state index in [1.165, 1.54) is 0 Å². The van der Waals surface area contributed by atoms with E-state index in [0.717, 1.165) is 23.1 Å². The number of hydrogen-bond donors (Lipinski definition) is 1. The van der Waals surface area contributed by atoms with Gasteiger partial charge in [-0.05, 0) is 12.1 Å². The SMILES string of the molecule is O=Cc1c[nH]c2c1nc1ccccn12. The van der Waals surface area contributed by atoms with Gasteiger partial charge in [0.2, 0.25) is 0 Å². The summed E-state index contributed by atoms with van der Waals surface area (Å²) in [6, 6.07) is 5.75. The number of hydrogen-bond acceptors (Lipinski definition) is 2. The lowest BCUT2D eigenvalue weighted by molar-refractivity contribution is 0.112. The fourth-order valence-corrected chi connectivity index (χ4v) is 1.64. The minimum atomic E-state index is 0.601. The van der Waals surface area contributed by atoms with Crippen LogP contribution in [-0.4, -0.2) is 20.7 Å². The molecule has 3 rings (SSSR count). The van der Waals surface area contributed by atoms with Gasteiger partial charge >= 0.3 is 0 Å². The quantitative estimate of drug-likeness (QED) is 0.586. The van der Waals surface area contributed by atoms with Crippen LogP contribution in [0.4, 0.5) is 0 Å². The molecule has 0 aliphatic carbocycles. The van der Waals surface area contributed by atoms with Crippen LogP contribution in [-0.2, 0) is 0 Å². The maximum Gasteiger partial charge on any atom is 0.153 e. The molecule has 0 amide bonds. The third kappa shape index (κ3) is 0.771. The second-order valence-electron chi connectivity index (χ2n) is 3.10. The van der Waals surface area contributed by atoms with Gasteiger partial charge in [0.05, 0.1) is 5.56 Å². The van der Waals surface area contributed by atoms with Crippen molar-refractivity contribution in [1.29, 1.82) is 0 Å². The van der Waals surface area contributed by atoms with Crippen molar-refractivity contribution < 1.29 is 4.79 Å². The third-order valence-corrected chi connectivity index (χ3v) is 2.29. The largest absolute Gasteiger partial charge is 0.345 e. The fraction of sp³-hybridized carbons (Fsp3) is 0. The minimum absolute atomic E-state index is 0.601. The van der Waals surface area contributed by atoms with E-state index in [1.54, 1.807) is 6.20 Å². The first-order chi connectivity index (χ1) is 6.90. The van der Waals surface area contributed by atoms with E-state index in [9.17, 15) is 4.79 Å². The molecule has 0 saturated carbocycles. The number of carbonyl (C=O) groups excluding carboxylic acids is 1. The Morgan fingerprint density at radius 2 is 2.36 bits per heavy atom. The lowest BCUT2D eigenvalue weighted by Crippen LogP contribution is -1.81. The first kappa shape index (κ1) is 7.32. The van der Waals surface area contributed by atoms with Gasteiger partial charge in [-0.2, -0.15) is 0 Å². The highest BCUT2D eigenvalue weighted by atomic mass is 16.1. The van der Waals surface area contributed by atoms with Crippen LogP contribution < -0.4 is 0 Å². The number of carbonyl (C=O) groups is 1. The molecule has 0 aliphatic heterocycles. The number of pyridine rings is 1. The van der Waals surface area contributed by atoms with Crippen molar-refractivity contribution >= 4 is 23.1 Å². The molecule has 0 spiro atoms. The van der Waals surface area contributed by atoms with Gasteiger partial charge in [-0.3, -0.25) is 9.20 Å². The summed E-state index contributed by atoms with van der Waals surface area (Å²) >= 11 is 0. The van der Waals surface area contributed by atoms with Crippen molar-refractivity contribution in [3.63, 3.8) is 0 Å². The standard InChI is InChI=1S/C10H7N3O/c14-6-7-5-11-10-9(7)12-8-3-1-2-4-13(8)10/h1-6,11H. The molecule has 1 N–H and O–H groups in total. The molecule has 0 aliphatic rings. The van der Waals surface area contributed by atoms with Gasteiger partial charge in [0, 0.05) is 12.4 Å². The second kappa shape index (κ2) is 2.45. The zero-order valence-electron chi connectivity index (χ0n) is 7.27. The molecule has 0 fully saturated rings. The van der Waals surface area contributed by atoms with E-state index in [2.05, 4.69) is 9.97 Å². The molecule has 3 heterocycles. The van der Waals surface area contributed by atoms with Gasteiger partial charge in [-0.25, -0.2) is 4.98 Å². The maximum absolute atomic E-state index is 10.7. The average molecular weight is 185 g/mol. The van der Waals surface area contributed by atoms with Crippen molar-refractivity contribution in [2.45, 2.75) is 0 Å². The molecular formula is C10H7N3O. The van der Waals surface area contributed by atoms with Crippen molar-refractivity contribution in [1.82, 2.24) is 14.4 Å². The van der Waals surface area contributed by atoms with Gasteiger partial charge in [0.25, 0.3) is 0 Å². The predicted octanol–water partition coefficient (Wildman–Crippen LogP) is 1.63. The Kier molecular flexibility index (Phi) is 1.28. The lowest BCUT2D eigenvalue weighted by atomic mass is 10.3. The summed E-state index contributed by atoms with van der Waals surface area (Å²) in [5.74, 6) is 0.